The van der Waals surface area contributed by atoms with Crippen LogP contribution in [0.4, 0.5) is 0 Å². The summed E-state index contributed by atoms with van der Waals surface area (Å²) in [5.41, 5.74) is 6.48. The first-order valence-electron chi connectivity index (χ1n) is 8.96. The van der Waals surface area contributed by atoms with Crippen molar-refractivity contribution in [2.75, 3.05) is 19.8 Å². The molecule has 0 saturated carbocycles. The number of hydroxylamine groups is 2. The van der Waals surface area contributed by atoms with E-state index in [1.54, 1.807) is 0 Å². The van der Waals surface area contributed by atoms with Crippen LogP contribution in [0.5, 0.6) is 11.5 Å². The van der Waals surface area contributed by atoms with Crippen LogP contribution in [-0.4, -0.2) is 42.3 Å². The summed E-state index contributed by atoms with van der Waals surface area (Å²) in [6.07, 6.45) is 3.82. The van der Waals surface area contributed by atoms with E-state index in [9.17, 15) is 14.8 Å². The Morgan fingerprint density at radius 2 is 2.08 bits per heavy atom. The van der Waals surface area contributed by atoms with Crippen LogP contribution in [0.15, 0.2) is 18.2 Å². The summed E-state index contributed by atoms with van der Waals surface area (Å²) >= 11 is 0. The molecule has 2 amide bonds. The summed E-state index contributed by atoms with van der Waals surface area (Å²) in [6, 6.07) is 5.61. The Balaban J connectivity index is 1.83. The Hall–Kier alpha value is -2.32. The summed E-state index contributed by atoms with van der Waals surface area (Å²) in [5, 5.41) is 9.90. The third-order valence-corrected chi connectivity index (χ3v) is 4.17. The van der Waals surface area contributed by atoms with Crippen molar-refractivity contribution in [1.82, 2.24) is 15.9 Å². The normalized spacial score (nSPS) is 13.8. The number of hydrogen-bond donors (Lipinski definition) is 3. The van der Waals surface area contributed by atoms with Gasteiger partial charge >= 0.3 is 0 Å². The van der Waals surface area contributed by atoms with E-state index in [0.29, 0.717) is 43.4 Å². The highest BCUT2D eigenvalue weighted by molar-refractivity contribution is 5.78. The van der Waals surface area contributed by atoms with Gasteiger partial charge in [0.1, 0.15) is 13.2 Å². The van der Waals surface area contributed by atoms with Crippen LogP contribution >= 0.6 is 0 Å². The molecular weight excluding hydrogens is 338 g/mol. The molecule has 8 nitrogen and oxygen atoms in total. The van der Waals surface area contributed by atoms with Crippen molar-refractivity contribution < 1.29 is 24.3 Å². The average Bonchev–Trinajstić information content (AvgIpc) is 2.67. The Morgan fingerprint density at radius 3 is 2.81 bits per heavy atom. The van der Waals surface area contributed by atoms with Gasteiger partial charge in [-0.25, -0.2) is 10.5 Å². The summed E-state index contributed by atoms with van der Waals surface area (Å²) in [7, 11) is 0. The fourth-order valence-electron chi connectivity index (χ4n) is 2.75. The van der Waals surface area contributed by atoms with Gasteiger partial charge in [0.05, 0.1) is 12.5 Å². The van der Waals surface area contributed by atoms with Gasteiger partial charge in [-0.3, -0.25) is 20.2 Å². The molecule has 0 aliphatic carbocycles. The number of unbranched alkanes of at least 4 members (excludes halogenated alkanes) is 2. The first-order chi connectivity index (χ1) is 12.6. The molecule has 0 saturated heterocycles. The minimum atomic E-state index is -0.468. The lowest BCUT2D eigenvalue weighted by molar-refractivity contribution is -0.154. The van der Waals surface area contributed by atoms with Crippen molar-refractivity contribution in [3.8, 4) is 11.5 Å². The van der Waals surface area contributed by atoms with Gasteiger partial charge in [-0.05, 0) is 24.1 Å². The lowest BCUT2D eigenvalue weighted by atomic mass is 10.0. The quantitative estimate of drug-likeness (QED) is 0.238. The monoisotopic (exact) mass is 365 g/mol. The number of nitrogens with zero attached hydrogens (tertiary/aromatic N) is 1. The van der Waals surface area contributed by atoms with Crippen LogP contribution in [0.3, 0.4) is 0 Å². The van der Waals surface area contributed by atoms with E-state index in [1.165, 1.54) is 0 Å². The topological polar surface area (TPSA) is 100 Å². The Kier molecular flexibility index (Phi) is 8.17. The molecule has 0 spiro atoms. The molecule has 0 fully saturated rings. The molecule has 1 aromatic carbocycles. The predicted octanol–water partition coefficient (Wildman–Crippen LogP) is 1.62. The zero-order valence-electron chi connectivity index (χ0n) is 15.1. The third-order valence-electron chi connectivity index (χ3n) is 4.17. The Bertz CT molecular complexity index is 596. The third kappa shape index (κ3) is 6.20. The van der Waals surface area contributed by atoms with Crippen LogP contribution in [-0.2, 0) is 16.1 Å². The minimum Gasteiger partial charge on any atom is -0.486 e. The number of ether oxygens (including phenoxy) is 2. The molecule has 0 radical (unpaired) electrons. The molecule has 2 rings (SSSR count). The van der Waals surface area contributed by atoms with Crippen LogP contribution in [0.25, 0.3) is 0 Å². The van der Waals surface area contributed by atoms with Crippen molar-refractivity contribution in [1.29, 1.82) is 0 Å². The van der Waals surface area contributed by atoms with Gasteiger partial charge in [0, 0.05) is 6.54 Å². The highest BCUT2D eigenvalue weighted by atomic mass is 16.6. The molecule has 1 aliphatic rings. The van der Waals surface area contributed by atoms with Crippen molar-refractivity contribution in [3.63, 3.8) is 0 Å². The van der Waals surface area contributed by atoms with Crippen molar-refractivity contribution >= 4 is 12.3 Å². The molecule has 1 aliphatic heterocycles. The highest BCUT2D eigenvalue weighted by Gasteiger charge is 2.20. The fourth-order valence-corrected chi connectivity index (χ4v) is 2.75. The molecule has 1 heterocycles. The molecule has 144 valence electrons. The van der Waals surface area contributed by atoms with Gasteiger partial charge in [0.15, 0.2) is 11.5 Å². The molecule has 0 bridgehead atoms. The van der Waals surface area contributed by atoms with Crippen molar-refractivity contribution in [2.24, 2.45) is 5.92 Å². The molecule has 8 heteroatoms. The first-order valence-corrected chi connectivity index (χ1v) is 8.96. The summed E-state index contributed by atoms with van der Waals surface area (Å²) in [6.45, 7) is 3.54. The summed E-state index contributed by atoms with van der Waals surface area (Å²) in [5.74, 6) is 0.696. The van der Waals surface area contributed by atoms with E-state index in [1.807, 2.05) is 18.2 Å². The number of carbonyl (C=O) groups is 2. The smallest absolute Gasteiger partial charge is 0.239 e. The summed E-state index contributed by atoms with van der Waals surface area (Å²) in [4.78, 5) is 23.0. The molecule has 0 aromatic heterocycles. The maximum atomic E-state index is 12.3. The van der Waals surface area contributed by atoms with E-state index >= 15 is 0 Å². The Morgan fingerprint density at radius 1 is 1.31 bits per heavy atom. The maximum absolute atomic E-state index is 12.3. The Labute approximate surface area is 153 Å². The molecule has 26 heavy (non-hydrogen) atoms. The number of rotatable bonds is 11. The number of nitrogens with one attached hydrogen (secondary N) is 2. The average molecular weight is 365 g/mol. The molecule has 1 atom stereocenters. The van der Waals surface area contributed by atoms with Crippen molar-refractivity contribution in [2.45, 2.75) is 39.2 Å². The molecule has 3 N–H and O–H groups in total. The second kappa shape index (κ2) is 10.6. The van der Waals surface area contributed by atoms with Gasteiger partial charge in [-0.15, -0.1) is 0 Å². The zero-order chi connectivity index (χ0) is 18.8. The van der Waals surface area contributed by atoms with Crippen LogP contribution in [0, 0.1) is 5.92 Å². The van der Waals surface area contributed by atoms with Gasteiger partial charge in [-0.2, -0.15) is 0 Å². The second-order valence-electron chi connectivity index (χ2n) is 6.24. The van der Waals surface area contributed by atoms with E-state index < -0.39 is 5.92 Å². The van der Waals surface area contributed by atoms with E-state index in [0.717, 1.165) is 30.6 Å². The van der Waals surface area contributed by atoms with Gasteiger partial charge in [0.2, 0.25) is 12.3 Å². The largest absolute Gasteiger partial charge is 0.486 e. The number of amides is 2. The number of fused-ring (bicyclic) bond motifs is 1. The highest BCUT2D eigenvalue weighted by Crippen LogP contribution is 2.30. The van der Waals surface area contributed by atoms with Gasteiger partial charge in [0.25, 0.3) is 0 Å². The van der Waals surface area contributed by atoms with Gasteiger partial charge < -0.3 is 9.47 Å². The van der Waals surface area contributed by atoms with Gasteiger partial charge in [-0.1, -0.05) is 32.3 Å². The van der Waals surface area contributed by atoms with E-state index in [-0.39, 0.29) is 12.5 Å². The second-order valence-corrected chi connectivity index (χ2v) is 6.24. The molecule has 1 unspecified atom stereocenters. The standard InChI is InChI=1S/C18H27N3O5/c1-2-3-4-5-15(12-21(24)13-22)18(23)20-19-11-14-6-7-16-17(10-14)26-9-8-25-16/h6-7,10,13,15,19,24H,2-5,8-9,11-12H2,1H3,(H,20,23). The number of hydrazine groups is 1. The van der Waals surface area contributed by atoms with Crippen molar-refractivity contribution in [3.05, 3.63) is 23.8 Å². The maximum Gasteiger partial charge on any atom is 0.239 e. The van der Waals surface area contributed by atoms with Crippen LogP contribution < -0.4 is 20.3 Å². The SMILES string of the molecule is CCCCCC(CN(O)C=O)C(=O)NNCc1ccc2c(c1)OCCO2. The lowest BCUT2D eigenvalue weighted by Crippen LogP contribution is -2.44. The minimum absolute atomic E-state index is 0.0231. The fraction of sp³-hybridized carbons (Fsp3) is 0.556. The lowest BCUT2D eigenvalue weighted by Gasteiger charge is -2.20. The number of carbonyl (C=O) groups excluding carboxylic acids is 2. The van der Waals surface area contributed by atoms with Crippen LogP contribution in [0.1, 0.15) is 38.2 Å². The van der Waals surface area contributed by atoms with E-state index in [4.69, 9.17) is 9.47 Å². The number of benzene rings is 1. The molecule has 1 aromatic rings. The summed E-state index contributed by atoms with van der Waals surface area (Å²) < 4.78 is 11.0. The number of hydrogen-bond acceptors (Lipinski definition) is 6. The molecular formula is C18H27N3O5. The van der Waals surface area contributed by atoms with E-state index in [2.05, 4.69) is 17.8 Å². The first kappa shape index (κ1) is 20.0. The zero-order valence-corrected chi connectivity index (χ0v) is 15.1. The van der Waals surface area contributed by atoms with Crippen LogP contribution in [0.2, 0.25) is 0 Å². The predicted molar refractivity (Wildman–Crippen MR) is 94.6 cm³/mol.